The number of hydrogen-bond donors (Lipinski definition) is 2. The maximum Gasteiger partial charge on any atom is 0.490 e. The highest BCUT2D eigenvalue weighted by Crippen LogP contribution is 2.76. The molecule has 1 saturated heterocycles. The molecule has 1 aliphatic heterocycles. The molecule has 7 atom stereocenters. The lowest BCUT2D eigenvalue weighted by atomic mass is 9.33. The Kier molecular flexibility index (Phi) is 7.38. The minimum atomic E-state index is -0.976. The average Bonchev–Trinajstić information content (AvgIpc) is 3.12. The second kappa shape index (κ2) is 9.97. The molecule has 0 bridgehead atoms. The first kappa shape index (κ1) is 33.3. The monoisotopic (exact) mass is 621 g/mol. The molecule has 0 aromatic rings. The first-order chi connectivity index (χ1) is 20.6. The number of carbonyl (C=O) groups excluding carboxylic acids is 1. The summed E-state index contributed by atoms with van der Waals surface area (Å²) in [7, 11) is -0.299. The summed E-state index contributed by atoms with van der Waals surface area (Å²) in [5.41, 5.74) is 2.02. The fourth-order valence-corrected chi connectivity index (χ4v) is 12.0. The summed E-state index contributed by atoms with van der Waals surface area (Å²) in [5, 5.41) is 12.2. The van der Waals surface area contributed by atoms with Crippen LogP contribution in [0.5, 0.6) is 0 Å². The van der Waals surface area contributed by atoms with E-state index in [0.29, 0.717) is 11.8 Å². The zero-order valence-corrected chi connectivity index (χ0v) is 30.1. The molecule has 45 heavy (non-hydrogen) atoms. The third-order valence-electron chi connectivity index (χ3n) is 15.6. The van der Waals surface area contributed by atoms with Crippen molar-refractivity contribution in [2.45, 2.75) is 145 Å². The van der Waals surface area contributed by atoms with Crippen LogP contribution < -0.4 is 5.32 Å². The summed E-state index contributed by atoms with van der Waals surface area (Å²) in [6, 6.07) is 0. The second-order valence-electron chi connectivity index (χ2n) is 19.1. The van der Waals surface area contributed by atoms with Crippen molar-refractivity contribution < 1.29 is 24.0 Å². The van der Waals surface area contributed by atoms with E-state index in [0.717, 1.165) is 44.9 Å². The van der Waals surface area contributed by atoms with Gasteiger partial charge in [-0.05, 0) is 136 Å². The lowest BCUT2D eigenvalue weighted by Crippen LogP contribution is -2.64. The van der Waals surface area contributed by atoms with Gasteiger partial charge in [0.2, 0.25) is 5.91 Å². The smallest absolute Gasteiger partial charge is 0.480 e. The molecule has 6 nitrogen and oxygen atoms in total. The molecule has 0 aromatic heterocycles. The van der Waals surface area contributed by atoms with E-state index in [2.05, 4.69) is 93.6 Å². The Hall–Kier alpha value is -1.60. The predicted octanol–water partition coefficient (Wildman–Crippen LogP) is 8.16. The van der Waals surface area contributed by atoms with Crippen LogP contribution in [-0.4, -0.2) is 41.8 Å². The Labute approximate surface area is 273 Å². The number of aliphatic carboxylic acids is 1. The molecule has 0 spiro atoms. The van der Waals surface area contributed by atoms with Crippen molar-refractivity contribution in [1.82, 2.24) is 5.32 Å². The molecule has 6 aliphatic rings. The number of rotatable bonds is 4. The Morgan fingerprint density at radius 3 is 2.11 bits per heavy atom. The Morgan fingerprint density at radius 2 is 1.49 bits per heavy atom. The van der Waals surface area contributed by atoms with Gasteiger partial charge in [0.15, 0.2) is 0 Å². The molecule has 2 N–H and O–H groups in total. The SMILES string of the molecule is CC1(C)CC[C@]2(C(=O)NCC(=O)O)CC[C@]3(C)C(=CC[C@@H]4[C@@]5(C)CC=C(B6OC(C)(C)C(C)(C)O6)C(C)(C)[C@@H]5CC[C@]43C)[C@@H]2C1. The minimum Gasteiger partial charge on any atom is -0.480 e. The summed E-state index contributed by atoms with van der Waals surface area (Å²) in [6.45, 7) is 25.6. The van der Waals surface area contributed by atoms with E-state index in [1.165, 1.54) is 23.9 Å². The van der Waals surface area contributed by atoms with Gasteiger partial charge in [-0.2, -0.15) is 0 Å². The molecule has 1 amide bonds. The number of carboxylic acids is 1. The van der Waals surface area contributed by atoms with Gasteiger partial charge in [0, 0.05) is 0 Å². The third-order valence-corrected chi connectivity index (χ3v) is 15.6. The van der Waals surface area contributed by atoms with Crippen LogP contribution >= 0.6 is 0 Å². The molecule has 0 aromatic carbocycles. The highest BCUT2D eigenvalue weighted by Gasteiger charge is 2.69. The summed E-state index contributed by atoms with van der Waals surface area (Å²) in [5.74, 6) is 0.216. The van der Waals surface area contributed by atoms with Crippen molar-refractivity contribution in [1.29, 1.82) is 0 Å². The zero-order chi connectivity index (χ0) is 33.2. The van der Waals surface area contributed by atoms with E-state index >= 15 is 0 Å². The van der Waals surface area contributed by atoms with Gasteiger partial charge in [0.05, 0.1) is 16.6 Å². The van der Waals surface area contributed by atoms with Crippen LogP contribution in [0, 0.1) is 50.2 Å². The van der Waals surface area contributed by atoms with Gasteiger partial charge in [-0.25, -0.2) is 0 Å². The molecule has 0 unspecified atom stereocenters. The van der Waals surface area contributed by atoms with Gasteiger partial charge in [-0.15, -0.1) is 0 Å². The van der Waals surface area contributed by atoms with E-state index in [-0.39, 0.29) is 63.8 Å². The first-order valence-corrected chi connectivity index (χ1v) is 17.8. The predicted molar refractivity (Wildman–Crippen MR) is 179 cm³/mol. The highest BCUT2D eigenvalue weighted by atomic mass is 16.7. The average molecular weight is 622 g/mol. The van der Waals surface area contributed by atoms with Crippen LogP contribution in [-0.2, 0) is 18.9 Å². The van der Waals surface area contributed by atoms with Crippen molar-refractivity contribution >= 4 is 19.0 Å². The van der Waals surface area contributed by atoms with Gasteiger partial charge in [-0.1, -0.05) is 66.2 Å². The van der Waals surface area contributed by atoms with E-state index in [4.69, 9.17) is 9.31 Å². The van der Waals surface area contributed by atoms with E-state index < -0.39 is 11.4 Å². The van der Waals surface area contributed by atoms with E-state index in [1.807, 2.05) is 0 Å². The van der Waals surface area contributed by atoms with Gasteiger partial charge in [0.1, 0.15) is 6.54 Å². The van der Waals surface area contributed by atoms with E-state index in [1.54, 1.807) is 0 Å². The van der Waals surface area contributed by atoms with Crippen molar-refractivity contribution in [3.8, 4) is 0 Å². The van der Waals surface area contributed by atoms with Crippen molar-refractivity contribution in [2.24, 2.45) is 50.2 Å². The molecule has 4 fully saturated rings. The number of hydrogen-bond acceptors (Lipinski definition) is 4. The maximum absolute atomic E-state index is 13.9. The van der Waals surface area contributed by atoms with Crippen molar-refractivity contribution in [2.75, 3.05) is 6.54 Å². The molecule has 6 rings (SSSR count). The fourth-order valence-electron chi connectivity index (χ4n) is 12.0. The van der Waals surface area contributed by atoms with Crippen LogP contribution in [0.25, 0.3) is 0 Å². The second-order valence-corrected chi connectivity index (χ2v) is 19.1. The highest BCUT2D eigenvalue weighted by molar-refractivity contribution is 6.55. The summed E-state index contributed by atoms with van der Waals surface area (Å²) >= 11 is 0. The standard InChI is InChI=1S/C38H60BNO5/c1-31(2)18-20-38(30(43)40-23-29(41)42)21-19-36(10)24(25(38)22-31)12-13-27-35(9)16-15-28(39-44-33(5,6)34(7,8)45-39)32(3,4)26(35)14-17-37(27,36)11/h12,15,25-27H,13-14,16-23H2,1-11H3,(H,40,43)(H,41,42)/t25-,26-,27+,35-,36+,37+,38-/m0/s1. The first-order valence-electron chi connectivity index (χ1n) is 17.8. The minimum absolute atomic E-state index is 0.0123. The number of nitrogens with one attached hydrogen (secondary N) is 1. The van der Waals surface area contributed by atoms with Crippen molar-refractivity contribution in [3.63, 3.8) is 0 Å². The normalized spacial score (nSPS) is 43.9. The molecular formula is C38H60BNO5. The number of amides is 1. The largest absolute Gasteiger partial charge is 0.490 e. The Bertz CT molecular complexity index is 1330. The molecule has 0 radical (unpaired) electrons. The van der Waals surface area contributed by atoms with Crippen LogP contribution in [0.1, 0.15) is 134 Å². The number of carbonyl (C=O) groups is 2. The molecule has 1 heterocycles. The van der Waals surface area contributed by atoms with E-state index in [9.17, 15) is 14.7 Å². The molecule has 7 heteroatoms. The quantitative estimate of drug-likeness (QED) is 0.245. The van der Waals surface area contributed by atoms with Crippen LogP contribution in [0.2, 0.25) is 0 Å². The van der Waals surface area contributed by atoms with Gasteiger partial charge < -0.3 is 19.7 Å². The lowest BCUT2D eigenvalue weighted by Gasteiger charge is -2.70. The van der Waals surface area contributed by atoms with Gasteiger partial charge >= 0.3 is 13.1 Å². The van der Waals surface area contributed by atoms with Crippen LogP contribution in [0.4, 0.5) is 0 Å². The molecule has 5 aliphatic carbocycles. The molecular weight excluding hydrogens is 561 g/mol. The Morgan fingerprint density at radius 1 is 0.867 bits per heavy atom. The topological polar surface area (TPSA) is 84.9 Å². The van der Waals surface area contributed by atoms with Crippen LogP contribution in [0.3, 0.4) is 0 Å². The fraction of sp³-hybridized carbons (Fsp3) is 0.842. The number of carboxylic acid groups (broad SMARTS) is 1. The summed E-state index contributed by atoms with van der Waals surface area (Å²) < 4.78 is 13.3. The van der Waals surface area contributed by atoms with Crippen molar-refractivity contribution in [3.05, 3.63) is 23.2 Å². The van der Waals surface area contributed by atoms with Gasteiger partial charge in [0.25, 0.3) is 0 Å². The molecule has 3 saturated carbocycles. The maximum atomic E-state index is 13.9. The third kappa shape index (κ3) is 4.55. The zero-order valence-electron chi connectivity index (χ0n) is 30.1. The molecule has 250 valence electrons. The number of allylic oxidation sites excluding steroid dienone is 4. The lowest BCUT2D eigenvalue weighted by molar-refractivity contribution is -0.169. The van der Waals surface area contributed by atoms with Gasteiger partial charge in [-0.3, -0.25) is 9.59 Å². The Balaban J connectivity index is 1.37. The number of fused-ring (bicyclic) bond motifs is 7. The summed E-state index contributed by atoms with van der Waals surface area (Å²) in [4.78, 5) is 25.3. The summed E-state index contributed by atoms with van der Waals surface area (Å²) in [6.07, 6.45) is 14.2. The van der Waals surface area contributed by atoms with Crippen LogP contribution in [0.15, 0.2) is 23.2 Å².